The molecule has 2 rings (SSSR count). The van der Waals surface area contributed by atoms with Crippen molar-refractivity contribution in [3.8, 4) is 12.3 Å². The molecule has 116 valence electrons. The van der Waals surface area contributed by atoms with Crippen LogP contribution in [0.15, 0.2) is 36.7 Å². The zero-order valence-corrected chi connectivity index (χ0v) is 14.4. The van der Waals surface area contributed by atoms with Crippen LogP contribution in [-0.4, -0.2) is 17.8 Å². The van der Waals surface area contributed by atoms with Crippen molar-refractivity contribution >= 4 is 24.6 Å². The molecule has 22 heavy (non-hydrogen) atoms. The van der Waals surface area contributed by atoms with Crippen LogP contribution >= 0.6 is 7.92 Å². The van der Waals surface area contributed by atoms with Gasteiger partial charge in [-0.15, -0.1) is 6.42 Å². The lowest BCUT2D eigenvalue weighted by atomic mass is 10.2. The molecule has 0 aliphatic rings. The average Bonchev–Trinajstić information content (AvgIpc) is 2.58. The van der Waals surface area contributed by atoms with E-state index in [0.29, 0.717) is 11.3 Å². The minimum atomic E-state index is -0.354. The van der Waals surface area contributed by atoms with E-state index in [4.69, 9.17) is 6.42 Å². The van der Waals surface area contributed by atoms with Gasteiger partial charge in [0.25, 0.3) is 0 Å². The largest absolute Gasteiger partial charge is 0.351 e. The number of terminal acetylenes is 1. The molecular formula is C18H22FN2P. The Hall–Kier alpha value is -1.91. The summed E-state index contributed by atoms with van der Waals surface area (Å²) in [6.45, 7) is 8.35. The molecule has 1 atom stereocenters. The van der Waals surface area contributed by atoms with E-state index >= 15 is 0 Å². The van der Waals surface area contributed by atoms with Crippen LogP contribution in [0.4, 0.5) is 15.8 Å². The molecule has 0 spiro atoms. The predicted molar refractivity (Wildman–Crippen MR) is 96.2 cm³/mol. The van der Waals surface area contributed by atoms with Crippen LogP contribution in [0.25, 0.3) is 0 Å². The zero-order chi connectivity index (χ0) is 16.5. The van der Waals surface area contributed by atoms with Crippen LogP contribution in [0.1, 0.15) is 26.3 Å². The highest BCUT2D eigenvalue weighted by Crippen LogP contribution is 2.33. The maximum atomic E-state index is 14.0. The topological polar surface area (TPSA) is 24.9 Å². The summed E-state index contributed by atoms with van der Waals surface area (Å²) in [5, 5.41) is 4.31. The molecule has 0 saturated carbocycles. The summed E-state index contributed by atoms with van der Waals surface area (Å²) in [7, 11) is -0.267. The Kier molecular flexibility index (Phi) is 7.57. The molecule has 0 bridgehead atoms. The number of benzene rings is 1. The first kappa shape index (κ1) is 18.1. The molecule has 1 aromatic carbocycles. The zero-order valence-electron chi connectivity index (χ0n) is 13.5. The SMILES string of the molecule is C#Cc1ccc(Nc2cnccc2P(C)CC)c(F)c1.CC. The lowest BCUT2D eigenvalue weighted by Gasteiger charge is -2.16. The number of halogens is 1. The van der Waals surface area contributed by atoms with Gasteiger partial charge in [-0.1, -0.05) is 34.6 Å². The van der Waals surface area contributed by atoms with Gasteiger partial charge in [-0.05, 0) is 37.1 Å². The summed E-state index contributed by atoms with van der Waals surface area (Å²) in [5.41, 5.74) is 1.80. The second kappa shape index (κ2) is 9.18. The maximum Gasteiger partial charge on any atom is 0.147 e. The van der Waals surface area contributed by atoms with Gasteiger partial charge in [0.15, 0.2) is 0 Å². The Morgan fingerprint density at radius 1 is 1.27 bits per heavy atom. The van der Waals surface area contributed by atoms with Crippen LogP contribution in [0.3, 0.4) is 0 Å². The molecule has 1 N–H and O–H groups in total. The molecule has 0 radical (unpaired) electrons. The Morgan fingerprint density at radius 3 is 2.59 bits per heavy atom. The number of rotatable bonds is 4. The van der Waals surface area contributed by atoms with E-state index in [9.17, 15) is 4.39 Å². The van der Waals surface area contributed by atoms with Crippen molar-refractivity contribution in [2.75, 3.05) is 18.1 Å². The van der Waals surface area contributed by atoms with E-state index in [2.05, 4.69) is 29.8 Å². The fourth-order valence-corrected chi connectivity index (χ4v) is 3.02. The third-order valence-corrected chi connectivity index (χ3v) is 5.25. The van der Waals surface area contributed by atoms with Crippen molar-refractivity contribution in [3.63, 3.8) is 0 Å². The number of hydrogen-bond acceptors (Lipinski definition) is 2. The molecule has 2 nitrogen and oxygen atoms in total. The number of nitrogens with zero attached hydrogens (tertiary/aromatic N) is 1. The number of aromatic nitrogens is 1. The van der Waals surface area contributed by atoms with E-state index < -0.39 is 0 Å². The first-order valence-electron chi connectivity index (χ1n) is 7.34. The molecule has 1 heterocycles. The molecule has 2 aromatic rings. The van der Waals surface area contributed by atoms with Crippen molar-refractivity contribution in [1.29, 1.82) is 0 Å². The predicted octanol–water partition coefficient (Wildman–Crippen LogP) is 4.73. The lowest BCUT2D eigenvalue weighted by Crippen LogP contribution is -2.09. The summed E-state index contributed by atoms with van der Waals surface area (Å²) < 4.78 is 14.0. The lowest BCUT2D eigenvalue weighted by molar-refractivity contribution is 0.631. The highest BCUT2D eigenvalue weighted by molar-refractivity contribution is 7.65. The Morgan fingerprint density at radius 2 is 2.00 bits per heavy atom. The Bertz CT molecular complexity index is 650. The molecule has 1 unspecified atom stereocenters. The third-order valence-electron chi connectivity index (χ3n) is 3.09. The van der Waals surface area contributed by atoms with Gasteiger partial charge < -0.3 is 5.32 Å². The number of pyridine rings is 1. The van der Waals surface area contributed by atoms with Crippen molar-refractivity contribution in [2.24, 2.45) is 0 Å². The molecule has 0 fully saturated rings. The Balaban J connectivity index is 0.00000116. The third kappa shape index (κ3) is 4.55. The molecule has 4 heteroatoms. The van der Waals surface area contributed by atoms with Gasteiger partial charge in [0, 0.05) is 17.1 Å². The van der Waals surface area contributed by atoms with E-state index in [0.717, 1.165) is 11.8 Å². The van der Waals surface area contributed by atoms with Gasteiger partial charge in [-0.25, -0.2) is 4.39 Å². The van der Waals surface area contributed by atoms with Crippen LogP contribution in [0, 0.1) is 18.2 Å². The van der Waals surface area contributed by atoms with E-state index in [-0.39, 0.29) is 13.7 Å². The number of anilines is 2. The van der Waals surface area contributed by atoms with Gasteiger partial charge in [0.05, 0.1) is 17.6 Å². The quantitative estimate of drug-likeness (QED) is 0.651. The summed E-state index contributed by atoms with van der Waals surface area (Å²) in [5.74, 6) is 2.07. The van der Waals surface area contributed by atoms with Crippen molar-refractivity contribution in [2.45, 2.75) is 20.8 Å². The average molecular weight is 316 g/mol. The monoisotopic (exact) mass is 316 g/mol. The van der Waals surface area contributed by atoms with E-state index in [1.165, 1.54) is 11.4 Å². The summed E-state index contributed by atoms with van der Waals surface area (Å²) in [6, 6.07) is 6.72. The van der Waals surface area contributed by atoms with Gasteiger partial charge in [-0.3, -0.25) is 4.98 Å². The van der Waals surface area contributed by atoms with Gasteiger partial charge in [-0.2, -0.15) is 0 Å². The molecule has 0 saturated heterocycles. The fourth-order valence-electron chi connectivity index (χ4n) is 1.84. The summed E-state index contributed by atoms with van der Waals surface area (Å²) in [6.07, 6.45) is 9.84. The molecule has 0 amide bonds. The second-order valence-corrected chi connectivity index (χ2v) is 6.88. The van der Waals surface area contributed by atoms with Crippen molar-refractivity contribution in [1.82, 2.24) is 4.98 Å². The molecule has 0 aliphatic heterocycles. The minimum absolute atomic E-state index is 0.267. The van der Waals surface area contributed by atoms with Crippen LogP contribution in [0.5, 0.6) is 0 Å². The molecular weight excluding hydrogens is 294 g/mol. The van der Waals surface area contributed by atoms with Crippen LogP contribution in [-0.2, 0) is 0 Å². The smallest absolute Gasteiger partial charge is 0.147 e. The van der Waals surface area contributed by atoms with E-state index in [1.807, 2.05) is 19.9 Å². The van der Waals surface area contributed by atoms with Crippen LogP contribution < -0.4 is 10.6 Å². The Labute approximate surface area is 133 Å². The van der Waals surface area contributed by atoms with Crippen molar-refractivity contribution in [3.05, 3.63) is 48.0 Å². The second-order valence-electron chi connectivity index (χ2n) is 4.37. The van der Waals surface area contributed by atoms with Gasteiger partial charge in [0.2, 0.25) is 0 Å². The molecule has 0 aliphatic carbocycles. The first-order chi connectivity index (χ1) is 10.7. The standard InChI is InChI=1S/C16H16FN2P.C2H6/c1-4-12-6-7-14(13(17)10-12)19-15-11-18-9-8-16(15)20(3)5-2;1-2/h1,6-11,19H,5H2,2-3H3;1-2H3. The number of hydrogen-bond donors (Lipinski definition) is 1. The van der Waals surface area contributed by atoms with Crippen LogP contribution in [0.2, 0.25) is 0 Å². The molecule has 1 aromatic heterocycles. The normalized spacial score (nSPS) is 10.9. The minimum Gasteiger partial charge on any atom is -0.351 e. The van der Waals surface area contributed by atoms with Gasteiger partial charge in [0.1, 0.15) is 5.82 Å². The van der Waals surface area contributed by atoms with Crippen molar-refractivity contribution < 1.29 is 4.39 Å². The fraction of sp³-hybridized carbons (Fsp3) is 0.278. The van der Waals surface area contributed by atoms with Gasteiger partial charge >= 0.3 is 0 Å². The summed E-state index contributed by atoms with van der Waals surface area (Å²) >= 11 is 0. The highest BCUT2D eigenvalue weighted by Gasteiger charge is 2.10. The van der Waals surface area contributed by atoms with E-state index in [1.54, 1.807) is 24.5 Å². The summed E-state index contributed by atoms with van der Waals surface area (Å²) in [4.78, 5) is 4.11. The highest BCUT2D eigenvalue weighted by atomic mass is 31.1. The maximum absolute atomic E-state index is 14.0. The number of nitrogens with one attached hydrogen (secondary N) is 1. The first-order valence-corrected chi connectivity index (χ1v) is 9.31.